The molecule has 1 saturated heterocycles. The number of nitrogens with zero attached hydrogens (tertiary/aromatic N) is 6. The molecule has 0 bridgehead atoms. The normalized spacial score (nSPS) is 14.9. The van der Waals surface area contributed by atoms with Crippen molar-refractivity contribution in [2.75, 3.05) is 49.6 Å². The second-order valence-electron chi connectivity index (χ2n) is 8.58. The summed E-state index contributed by atoms with van der Waals surface area (Å²) in [5.41, 5.74) is 3.06. The molecule has 184 valence electrons. The third kappa shape index (κ3) is 5.73. The SMILES string of the molecule is Cc1ccc(Nc2nc(N3CCNCC3)nc3c(C(C)C)nn(CCOCC(F)(F)F)c23)nc1. The minimum atomic E-state index is -4.37. The predicted octanol–water partition coefficient (Wildman–Crippen LogP) is 3.39. The van der Waals surface area contributed by atoms with Gasteiger partial charge in [-0.15, -0.1) is 0 Å². The molecule has 0 radical (unpaired) electrons. The maximum atomic E-state index is 12.5. The lowest BCUT2D eigenvalue weighted by Crippen LogP contribution is -2.44. The molecular formula is C22H29F3N8O. The van der Waals surface area contributed by atoms with E-state index in [9.17, 15) is 13.2 Å². The minimum Gasteiger partial charge on any atom is -0.370 e. The Morgan fingerprint density at radius 3 is 2.59 bits per heavy atom. The van der Waals surface area contributed by atoms with Crippen molar-refractivity contribution in [3.8, 4) is 0 Å². The molecule has 3 aromatic heterocycles. The van der Waals surface area contributed by atoms with Gasteiger partial charge in [-0.25, -0.2) is 9.97 Å². The first-order chi connectivity index (χ1) is 16.2. The highest BCUT2D eigenvalue weighted by Crippen LogP contribution is 2.31. The van der Waals surface area contributed by atoms with Gasteiger partial charge in [0.15, 0.2) is 5.82 Å². The van der Waals surface area contributed by atoms with E-state index in [-0.39, 0.29) is 19.1 Å². The lowest BCUT2D eigenvalue weighted by Gasteiger charge is -2.27. The summed E-state index contributed by atoms with van der Waals surface area (Å²) in [7, 11) is 0. The number of ether oxygens (including phenoxy) is 1. The van der Waals surface area contributed by atoms with Crippen LogP contribution in [0, 0.1) is 6.92 Å². The third-order valence-corrected chi connectivity index (χ3v) is 5.42. The molecule has 0 aromatic carbocycles. The van der Waals surface area contributed by atoms with Crippen LogP contribution in [0.3, 0.4) is 0 Å². The number of nitrogens with one attached hydrogen (secondary N) is 2. The molecule has 0 aliphatic carbocycles. The fourth-order valence-corrected chi connectivity index (χ4v) is 3.74. The number of pyridine rings is 1. The molecule has 1 aliphatic heterocycles. The number of alkyl halides is 3. The number of fused-ring (bicyclic) bond motifs is 1. The van der Waals surface area contributed by atoms with Gasteiger partial charge in [0.05, 0.1) is 18.8 Å². The van der Waals surface area contributed by atoms with E-state index in [0.29, 0.717) is 28.6 Å². The predicted molar refractivity (Wildman–Crippen MR) is 124 cm³/mol. The van der Waals surface area contributed by atoms with Crippen molar-refractivity contribution in [3.63, 3.8) is 0 Å². The molecule has 2 N–H and O–H groups in total. The first-order valence-electron chi connectivity index (χ1n) is 11.3. The van der Waals surface area contributed by atoms with Crippen LogP contribution in [0.4, 0.5) is 30.8 Å². The maximum absolute atomic E-state index is 12.5. The zero-order valence-electron chi connectivity index (χ0n) is 19.5. The van der Waals surface area contributed by atoms with Crippen LogP contribution in [0.2, 0.25) is 0 Å². The molecule has 0 atom stereocenters. The Balaban J connectivity index is 1.75. The molecule has 4 heterocycles. The maximum Gasteiger partial charge on any atom is 0.411 e. The van der Waals surface area contributed by atoms with Gasteiger partial charge in [-0.1, -0.05) is 19.9 Å². The number of hydrogen-bond acceptors (Lipinski definition) is 8. The average Bonchev–Trinajstić information content (AvgIpc) is 3.17. The fraction of sp³-hybridized carbons (Fsp3) is 0.545. The Bertz CT molecular complexity index is 1110. The topological polar surface area (TPSA) is 93.0 Å². The Labute approximate surface area is 195 Å². The fourth-order valence-electron chi connectivity index (χ4n) is 3.74. The largest absolute Gasteiger partial charge is 0.411 e. The number of aromatic nitrogens is 5. The molecule has 0 amide bonds. The number of aryl methyl sites for hydroxylation is 1. The zero-order valence-corrected chi connectivity index (χ0v) is 19.5. The van der Waals surface area contributed by atoms with Crippen molar-refractivity contribution >= 4 is 28.6 Å². The van der Waals surface area contributed by atoms with Crippen LogP contribution in [-0.4, -0.2) is 70.3 Å². The third-order valence-electron chi connectivity index (χ3n) is 5.42. The lowest BCUT2D eigenvalue weighted by molar-refractivity contribution is -0.174. The van der Waals surface area contributed by atoms with Gasteiger partial charge in [0.1, 0.15) is 23.5 Å². The van der Waals surface area contributed by atoms with Gasteiger partial charge in [0.2, 0.25) is 5.95 Å². The number of rotatable bonds is 8. The number of halogens is 3. The van der Waals surface area contributed by atoms with E-state index >= 15 is 0 Å². The van der Waals surface area contributed by atoms with Gasteiger partial charge in [0.25, 0.3) is 0 Å². The summed E-state index contributed by atoms with van der Waals surface area (Å²) >= 11 is 0. The number of piperazine rings is 1. The van der Waals surface area contributed by atoms with Crippen molar-refractivity contribution in [1.29, 1.82) is 0 Å². The molecule has 4 rings (SSSR count). The summed E-state index contributed by atoms with van der Waals surface area (Å²) in [4.78, 5) is 16.2. The second-order valence-corrected chi connectivity index (χ2v) is 8.58. The lowest BCUT2D eigenvalue weighted by atomic mass is 10.1. The molecule has 12 heteroatoms. The molecule has 34 heavy (non-hydrogen) atoms. The zero-order chi connectivity index (χ0) is 24.3. The quantitative estimate of drug-likeness (QED) is 0.476. The van der Waals surface area contributed by atoms with Crippen LogP contribution in [0.25, 0.3) is 11.0 Å². The monoisotopic (exact) mass is 478 g/mol. The van der Waals surface area contributed by atoms with Crippen molar-refractivity contribution in [2.24, 2.45) is 0 Å². The van der Waals surface area contributed by atoms with Crippen LogP contribution in [0.1, 0.15) is 31.0 Å². The minimum absolute atomic E-state index is 0.0518. The Kier molecular flexibility index (Phi) is 7.17. The molecule has 0 saturated carbocycles. The van der Waals surface area contributed by atoms with Crippen molar-refractivity contribution in [1.82, 2.24) is 30.0 Å². The Hall–Kier alpha value is -2.99. The van der Waals surface area contributed by atoms with Crippen LogP contribution >= 0.6 is 0 Å². The number of anilines is 3. The smallest absolute Gasteiger partial charge is 0.370 e. The summed E-state index contributed by atoms with van der Waals surface area (Å²) in [5, 5.41) is 11.3. The van der Waals surface area contributed by atoms with E-state index in [1.165, 1.54) is 0 Å². The van der Waals surface area contributed by atoms with Gasteiger partial charge in [-0.2, -0.15) is 23.3 Å². The standard InChI is InChI=1S/C22H29F3N8O/c1-14(2)17-18-19(33(31-17)10-11-34-13-22(23,24)25)20(28-16-5-4-15(3)12-27-16)30-21(29-18)32-8-6-26-7-9-32/h4-5,12,14,26H,6-11,13H2,1-3H3,(H,27,28,29,30). The molecule has 9 nitrogen and oxygen atoms in total. The average molecular weight is 479 g/mol. The summed E-state index contributed by atoms with van der Waals surface area (Å²) in [6.45, 7) is 7.85. The van der Waals surface area contributed by atoms with E-state index in [2.05, 4.69) is 25.6 Å². The molecule has 3 aromatic rings. The first-order valence-corrected chi connectivity index (χ1v) is 11.3. The molecule has 1 fully saturated rings. The van der Waals surface area contributed by atoms with Gasteiger partial charge in [-0.3, -0.25) is 4.68 Å². The van der Waals surface area contributed by atoms with Crippen molar-refractivity contribution < 1.29 is 17.9 Å². The van der Waals surface area contributed by atoms with Crippen molar-refractivity contribution in [2.45, 2.75) is 39.4 Å². The second kappa shape index (κ2) is 10.1. The van der Waals surface area contributed by atoms with Gasteiger partial charge in [-0.05, 0) is 24.5 Å². The number of hydrogen-bond donors (Lipinski definition) is 2. The van der Waals surface area contributed by atoms with E-state index in [0.717, 1.165) is 37.4 Å². The Morgan fingerprint density at radius 1 is 1.18 bits per heavy atom. The van der Waals surface area contributed by atoms with Crippen molar-refractivity contribution in [3.05, 3.63) is 29.6 Å². The molecule has 0 spiro atoms. The van der Waals surface area contributed by atoms with E-state index in [1.54, 1.807) is 10.9 Å². The highest BCUT2D eigenvalue weighted by atomic mass is 19.4. The highest BCUT2D eigenvalue weighted by molar-refractivity contribution is 5.90. The Morgan fingerprint density at radius 2 is 1.94 bits per heavy atom. The van der Waals surface area contributed by atoms with Crippen LogP contribution < -0.4 is 15.5 Å². The summed E-state index contributed by atoms with van der Waals surface area (Å²) in [6.07, 6.45) is -2.62. The summed E-state index contributed by atoms with van der Waals surface area (Å²) < 4.78 is 44.0. The first kappa shape index (κ1) is 24.1. The van der Waals surface area contributed by atoms with E-state index < -0.39 is 12.8 Å². The van der Waals surface area contributed by atoms with E-state index in [4.69, 9.17) is 14.7 Å². The van der Waals surface area contributed by atoms with Gasteiger partial charge >= 0.3 is 6.18 Å². The van der Waals surface area contributed by atoms with E-state index in [1.807, 2.05) is 32.9 Å². The van der Waals surface area contributed by atoms with Crippen LogP contribution in [-0.2, 0) is 11.3 Å². The van der Waals surface area contributed by atoms with Crippen LogP contribution in [0.15, 0.2) is 18.3 Å². The van der Waals surface area contributed by atoms with Gasteiger partial charge < -0.3 is 20.3 Å². The van der Waals surface area contributed by atoms with Crippen LogP contribution in [0.5, 0.6) is 0 Å². The molecule has 0 unspecified atom stereocenters. The molecular weight excluding hydrogens is 449 g/mol. The molecule has 1 aliphatic rings. The summed E-state index contributed by atoms with van der Waals surface area (Å²) in [5.74, 6) is 1.74. The van der Waals surface area contributed by atoms with Gasteiger partial charge in [0, 0.05) is 32.4 Å². The highest BCUT2D eigenvalue weighted by Gasteiger charge is 2.28. The summed E-state index contributed by atoms with van der Waals surface area (Å²) in [6, 6.07) is 3.79.